The second-order valence-electron chi connectivity index (χ2n) is 4.11. The maximum absolute atomic E-state index is 13.9. The van der Waals surface area contributed by atoms with Crippen molar-refractivity contribution in [2.75, 3.05) is 7.11 Å². The maximum Gasteiger partial charge on any atom is 0.199 e. The lowest BCUT2D eigenvalue weighted by molar-refractivity contribution is 0.103. The van der Waals surface area contributed by atoms with Gasteiger partial charge in [0, 0.05) is 10.6 Å². The lowest BCUT2D eigenvalue weighted by Gasteiger charge is -2.10. The predicted octanol–water partition coefficient (Wildman–Crippen LogP) is 4.03. The lowest BCUT2D eigenvalue weighted by Crippen LogP contribution is -2.08. The molecule has 0 radical (unpaired) electrons. The van der Waals surface area contributed by atoms with Gasteiger partial charge in [-0.15, -0.1) is 0 Å². The third kappa shape index (κ3) is 2.61. The molecular formula is C15H12ClFO2. The van der Waals surface area contributed by atoms with E-state index in [0.29, 0.717) is 16.1 Å². The summed E-state index contributed by atoms with van der Waals surface area (Å²) in [4.78, 5) is 12.4. The number of methoxy groups -OCH3 is 1. The van der Waals surface area contributed by atoms with Crippen LogP contribution in [0.5, 0.6) is 5.75 Å². The van der Waals surface area contributed by atoms with E-state index in [4.69, 9.17) is 16.3 Å². The minimum absolute atomic E-state index is 0.0598. The molecule has 2 aromatic carbocycles. The Morgan fingerprint density at radius 1 is 1.26 bits per heavy atom. The Labute approximate surface area is 115 Å². The average Bonchev–Trinajstić information content (AvgIpc) is 2.37. The summed E-state index contributed by atoms with van der Waals surface area (Å²) in [5.74, 6) is -0.790. The average molecular weight is 279 g/mol. The largest absolute Gasteiger partial charge is 0.496 e. The maximum atomic E-state index is 13.9. The van der Waals surface area contributed by atoms with Crippen LogP contribution < -0.4 is 4.74 Å². The molecule has 2 aromatic rings. The molecule has 4 heteroatoms. The summed E-state index contributed by atoms with van der Waals surface area (Å²) in [6.07, 6.45) is 0. The highest BCUT2D eigenvalue weighted by molar-refractivity contribution is 6.30. The standard InChI is InChI=1S/C15H12ClFO2/c1-9-8-10(16)6-7-11(9)15(18)14-12(17)4-3-5-13(14)19-2/h3-8H,1-2H3. The number of hydrogen-bond acceptors (Lipinski definition) is 2. The fraction of sp³-hybridized carbons (Fsp3) is 0.133. The summed E-state index contributed by atoms with van der Waals surface area (Å²) < 4.78 is 18.9. The first kappa shape index (κ1) is 13.6. The minimum atomic E-state index is -0.598. The van der Waals surface area contributed by atoms with Gasteiger partial charge in [0.15, 0.2) is 5.78 Å². The van der Waals surface area contributed by atoms with Crippen molar-refractivity contribution < 1.29 is 13.9 Å². The Morgan fingerprint density at radius 3 is 2.63 bits per heavy atom. The first-order valence-corrected chi connectivity index (χ1v) is 6.05. The van der Waals surface area contributed by atoms with Crippen LogP contribution in [0.4, 0.5) is 4.39 Å². The first-order valence-electron chi connectivity index (χ1n) is 5.68. The quantitative estimate of drug-likeness (QED) is 0.793. The van der Waals surface area contributed by atoms with E-state index in [9.17, 15) is 9.18 Å². The molecule has 0 fully saturated rings. The van der Waals surface area contributed by atoms with Gasteiger partial charge < -0.3 is 4.74 Å². The van der Waals surface area contributed by atoms with Gasteiger partial charge in [-0.05, 0) is 42.8 Å². The van der Waals surface area contributed by atoms with Crippen LogP contribution in [-0.2, 0) is 0 Å². The molecule has 0 aromatic heterocycles. The normalized spacial score (nSPS) is 10.3. The second-order valence-corrected chi connectivity index (χ2v) is 4.54. The molecule has 19 heavy (non-hydrogen) atoms. The molecule has 0 spiro atoms. The van der Waals surface area contributed by atoms with Gasteiger partial charge in [-0.25, -0.2) is 4.39 Å². The van der Waals surface area contributed by atoms with E-state index in [1.807, 2.05) is 0 Å². The van der Waals surface area contributed by atoms with Gasteiger partial charge in [0.2, 0.25) is 0 Å². The van der Waals surface area contributed by atoms with Gasteiger partial charge in [0.05, 0.1) is 7.11 Å². The molecular weight excluding hydrogens is 267 g/mol. The van der Waals surface area contributed by atoms with Gasteiger partial charge in [-0.1, -0.05) is 17.7 Å². The number of aryl methyl sites for hydroxylation is 1. The third-order valence-corrected chi connectivity index (χ3v) is 3.09. The zero-order chi connectivity index (χ0) is 14.0. The van der Waals surface area contributed by atoms with E-state index in [-0.39, 0.29) is 11.3 Å². The highest BCUT2D eigenvalue weighted by Gasteiger charge is 2.20. The molecule has 2 nitrogen and oxygen atoms in total. The lowest BCUT2D eigenvalue weighted by atomic mass is 9.98. The summed E-state index contributed by atoms with van der Waals surface area (Å²) in [7, 11) is 1.40. The number of halogens is 2. The Kier molecular flexibility index (Phi) is 3.86. The van der Waals surface area contributed by atoms with Crippen LogP contribution in [0.3, 0.4) is 0 Å². The van der Waals surface area contributed by atoms with Crippen molar-refractivity contribution in [3.8, 4) is 5.75 Å². The fourth-order valence-corrected chi connectivity index (χ4v) is 2.14. The summed E-state index contributed by atoms with van der Waals surface area (Å²) in [6.45, 7) is 1.76. The van der Waals surface area contributed by atoms with Gasteiger partial charge in [-0.2, -0.15) is 0 Å². The van der Waals surface area contributed by atoms with E-state index >= 15 is 0 Å². The van der Waals surface area contributed by atoms with Gasteiger partial charge >= 0.3 is 0 Å². The van der Waals surface area contributed by atoms with Crippen molar-refractivity contribution in [3.63, 3.8) is 0 Å². The summed E-state index contributed by atoms with van der Waals surface area (Å²) in [5.41, 5.74) is 1.05. The van der Waals surface area contributed by atoms with Crippen molar-refractivity contribution in [1.29, 1.82) is 0 Å². The molecule has 0 heterocycles. The van der Waals surface area contributed by atoms with Crippen LogP contribution in [0, 0.1) is 12.7 Å². The highest BCUT2D eigenvalue weighted by atomic mass is 35.5. The molecule has 0 saturated heterocycles. The Balaban J connectivity index is 2.56. The highest BCUT2D eigenvalue weighted by Crippen LogP contribution is 2.26. The van der Waals surface area contributed by atoms with Gasteiger partial charge in [0.25, 0.3) is 0 Å². The van der Waals surface area contributed by atoms with Crippen LogP contribution in [0.25, 0.3) is 0 Å². The summed E-state index contributed by atoms with van der Waals surface area (Å²) in [5, 5.41) is 0.537. The number of hydrogen-bond donors (Lipinski definition) is 0. The SMILES string of the molecule is COc1cccc(F)c1C(=O)c1ccc(Cl)cc1C. The summed E-state index contributed by atoms with van der Waals surface area (Å²) >= 11 is 5.85. The fourth-order valence-electron chi connectivity index (χ4n) is 1.91. The molecule has 0 aliphatic heterocycles. The zero-order valence-corrected chi connectivity index (χ0v) is 11.3. The molecule has 0 saturated carbocycles. The van der Waals surface area contributed by atoms with E-state index in [2.05, 4.69) is 0 Å². The molecule has 0 atom stereocenters. The number of benzene rings is 2. The smallest absolute Gasteiger partial charge is 0.199 e. The monoisotopic (exact) mass is 278 g/mol. The van der Waals surface area contributed by atoms with E-state index in [1.54, 1.807) is 31.2 Å². The van der Waals surface area contributed by atoms with Crippen molar-refractivity contribution in [2.45, 2.75) is 6.92 Å². The van der Waals surface area contributed by atoms with Crippen molar-refractivity contribution in [2.24, 2.45) is 0 Å². The van der Waals surface area contributed by atoms with E-state index < -0.39 is 11.6 Å². The van der Waals surface area contributed by atoms with Crippen molar-refractivity contribution in [3.05, 3.63) is 63.9 Å². The van der Waals surface area contributed by atoms with Crippen LogP contribution in [-0.4, -0.2) is 12.9 Å². The van der Waals surface area contributed by atoms with Gasteiger partial charge in [-0.3, -0.25) is 4.79 Å². The van der Waals surface area contributed by atoms with Crippen LogP contribution >= 0.6 is 11.6 Å². The number of carbonyl (C=O) groups is 1. The molecule has 0 aliphatic rings. The Hall–Kier alpha value is -1.87. The minimum Gasteiger partial charge on any atom is -0.496 e. The zero-order valence-electron chi connectivity index (χ0n) is 10.5. The van der Waals surface area contributed by atoms with E-state index in [0.717, 1.165) is 0 Å². The molecule has 0 N–H and O–H groups in total. The predicted molar refractivity (Wildman–Crippen MR) is 72.6 cm³/mol. The molecule has 0 unspecified atom stereocenters. The Bertz CT molecular complexity index is 638. The first-order chi connectivity index (χ1) is 9.04. The topological polar surface area (TPSA) is 26.3 Å². The number of carbonyl (C=O) groups excluding carboxylic acids is 1. The van der Waals surface area contributed by atoms with Crippen molar-refractivity contribution in [1.82, 2.24) is 0 Å². The molecule has 0 bridgehead atoms. The van der Waals surface area contributed by atoms with Gasteiger partial charge in [0.1, 0.15) is 17.1 Å². The summed E-state index contributed by atoms with van der Waals surface area (Å²) in [6, 6.07) is 9.16. The Morgan fingerprint density at radius 2 is 2.00 bits per heavy atom. The molecule has 0 amide bonds. The van der Waals surface area contributed by atoms with Crippen LogP contribution in [0.15, 0.2) is 36.4 Å². The molecule has 98 valence electrons. The van der Waals surface area contributed by atoms with E-state index in [1.165, 1.54) is 19.2 Å². The molecule has 2 rings (SSSR count). The van der Waals surface area contributed by atoms with Crippen molar-refractivity contribution >= 4 is 17.4 Å². The number of rotatable bonds is 3. The molecule has 0 aliphatic carbocycles. The van der Waals surface area contributed by atoms with Crippen LogP contribution in [0.2, 0.25) is 5.02 Å². The van der Waals surface area contributed by atoms with Crippen LogP contribution in [0.1, 0.15) is 21.5 Å². The third-order valence-electron chi connectivity index (χ3n) is 2.86. The number of ketones is 1. The second kappa shape index (κ2) is 5.41. The number of ether oxygens (including phenoxy) is 1.